The van der Waals surface area contributed by atoms with Gasteiger partial charge >= 0.3 is 0 Å². The topological polar surface area (TPSA) is 35.8 Å². The molecule has 54 valence electrons. The van der Waals surface area contributed by atoms with Gasteiger partial charge in [-0.15, -0.1) is 0 Å². The third-order valence-corrected chi connectivity index (χ3v) is 2.46. The summed E-state index contributed by atoms with van der Waals surface area (Å²) in [7, 11) is 0. The molecule has 0 aromatic heterocycles. The summed E-state index contributed by atoms with van der Waals surface area (Å²) in [6, 6.07) is 7.84. The van der Waals surface area contributed by atoms with Crippen molar-refractivity contribution in [1.82, 2.24) is 0 Å². The molecule has 1 N–H and O–H groups in total. The Bertz CT molecular complexity index is 327. The van der Waals surface area contributed by atoms with Crippen LogP contribution in [0, 0.1) is 11.3 Å². The van der Waals surface area contributed by atoms with Crippen molar-refractivity contribution in [1.29, 1.82) is 5.26 Å². The van der Waals surface area contributed by atoms with Gasteiger partial charge < -0.3 is 4.72 Å². The van der Waals surface area contributed by atoms with Gasteiger partial charge in [-0.1, -0.05) is 0 Å². The Labute approximate surface area is 69.4 Å². The molecule has 1 aliphatic heterocycles. The average Bonchev–Trinajstić information content (AvgIpc) is 2.50. The van der Waals surface area contributed by atoms with E-state index in [0.717, 1.165) is 17.0 Å². The van der Waals surface area contributed by atoms with Crippen LogP contribution in [0.1, 0.15) is 11.1 Å². The van der Waals surface area contributed by atoms with Crippen molar-refractivity contribution in [3.05, 3.63) is 29.3 Å². The SMILES string of the molecule is N#Cc1ccc2c(c1)CSN2. The maximum atomic E-state index is 8.59. The van der Waals surface area contributed by atoms with Crippen molar-refractivity contribution in [2.45, 2.75) is 5.75 Å². The van der Waals surface area contributed by atoms with E-state index in [1.165, 1.54) is 5.56 Å². The van der Waals surface area contributed by atoms with E-state index in [9.17, 15) is 0 Å². The van der Waals surface area contributed by atoms with Crippen LogP contribution >= 0.6 is 11.9 Å². The second-order valence-corrected chi connectivity index (χ2v) is 3.16. The molecule has 1 aliphatic rings. The number of hydrogen-bond donors (Lipinski definition) is 1. The van der Waals surface area contributed by atoms with Crippen LogP contribution in [0.2, 0.25) is 0 Å². The molecule has 2 nitrogen and oxygen atoms in total. The number of benzene rings is 1. The third-order valence-electron chi connectivity index (χ3n) is 1.64. The van der Waals surface area contributed by atoms with Gasteiger partial charge in [0.1, 0.15) is 0 Å². The van der Waals surface area contributed by atoms with Crippen LogP contribution in [-0.4, -0.2) is 0 Å². The van der Waals surface area contributed by atoms with Crippen LogP contribution in [-0.2, 0) is 5.75 Å². The molecular weight excluding hydrogens is 156 g/mol. The zero-order chi connectivity index (χ0) is 7.68. The maximum Gasteiger partial charge on any atom is 0.0991 e. The lowest BCUT2D eigenvalue weighted by molar-refractivity contribution is 1.42. The lowest BCUT2D eigenvalue weighted by Crippen LogP contribution is -1.81. The van der Waals surface area contributed by atoms with E-state index in [2.05, 4.69) is 10.8 Å². The molecule has 0 fully saturated rings. The van der Waals surface area contributed by atoms with Crippen molar-refractivity contribution in [3.8, 4) is 6.07 Å². The maximum absolute atomic E-state index is 8.59. The summed E-state index contributed by atoms with van der Waals surface area (Å²) in [5, 5.41) is 8.59. The minimum Gasteiger partial charge on any atom is -0.329 e. The Balaban J connectivity index is 2.51. The van der Waals surface area contributed by atoms with Gasteiger partial charge in [0.15, 0.2) is 0 Å². The number of hydrogen-bond acceptors (Lipinski definition) is 3. The second-order valence-electron chi connectivity index (χ2n) is 2.37. The minimum absolute atomic E-state index is 0.744. The van der Waals surface area contributed by atoms with E-state index in [4.69, 9.17) is 5.26 Å². The third kappa shape index (κ3) is 1.06. The highest BCUT2D eigenvalue weighted by atomic mass is 32.2. The molecule has 1 heterocycles. The fraction of sp³-hybridized carbons (Fsp3) is 0.125. The van der Waals surface area contributed by atoms with E-state index < -0.39 is 0 Å². The lowest BCUT2D eigenvalue weighted by atomic mass is 10.1. The Morgan fingerprint density at radius 3 is 3.27 bits per heavy atom. The normalized spacial score (nSPS) is 13.4. The average molecular weight is 162 g/mol. The molecule has 2 rings (SSSR count). The molecular formula is C8H6N2S. The summed E-state index contributed by atoms with van der Waals surface area (Å²) < 4.78 is 3.16. The molecule has 1 aromatic carbocycles. The van der Waals surface area contributed by atoms with Gasteiger partial charge in [0, 0.05) is 11.4 Å². The zero-order valence-electron chi connectivity index (χ0n) is 5.79. The van der Waals surface area contributed by atoms with E-state index in [-0.39, 0.29) is 0 Å². The molecule has 0 spiro atoms. The van der Waals surface area contributed by atoms with Crippen LogP contribution in [0.15, 0.2) is 18.2 Å². The quantitative estimate of drug-likeness (QED) is 0.593. The van der Waals surface area contributed by atoms with Crippen LogP contribution in [0.4, 0.5) is 5.69 Å². The molecule has 11 heavy (non-hydrogen) atoms. The summed E-state index contributed by atoms with van der Waals surface area (Å²) >= 11 is 1.66. The molecule has 0 atom stereocenters. The van der Waals surface area contributed by atoms with Crippen LogP contribution in [0.25, 0.3) is 0 Å². The first kappa shape index (κ1) is 6.56. The number of anilines is 1. The highest BCUT2D eigenvalue weighted by Gasteiger charge is 2.09. The molecule has 0 amide bonds. The van der Waals surface area contributed by atoms with Gasteiger partial charge in [0.05, 0.1) is 11.6 Å². The van der Waals surface area contributed by atoms with E-state index in [1.54, 1.807) is 11.9 Å². The highest BCUT2D eigenvalue weighted by Crippen LogP contribution is 2.30. The summed E-state index contributed by atoms with van der Waals surface area (Å²) in [5.41, 5.74) is 3.12. The van der Waals surface area contributed by atoms with Gasteiger partial charge in [0.2, 0.25) is 0 Å². The summed E-state index contributed by atoms with van der Waals surface area (Å²) in [5.74, 6) is 0.963. The molecule has 0 aliphatic carbocycles. The fourth-order valence-electron chi connectivity index (χ4n) is 1.07. The predicted molar refractivity (Wildman–Crippen MR) is 46.1 cm³/mol. The van der Waals surface area contributed by atoms with Gasteiger partial charge in [-0.2, -0.15) is 5.26 Å². The Morgan fingerprint density at radius 2 is 2.45 bits per heavy atom. The number of nitriles is 1. The van der Waals surface area contributed by atoms with E-state index in [1.807, 2.05) is 18.2 Å². The number of rotatable bonds is 0. The van der Waals surface area contributed by atoms with Gasteiger partial charge in [0.25, 0.3) is 0 Å². The molecule has 0 saturated carbocycles. The van der Waals surface area contributed by atoms with Gasteiger partial charge in [-0.25, -0.2) is 0 Å². The minimum atomic E-state index is 0.744. The summed E-state index contributed by atoms with van der Waals surface area (Å²) in [6.45, 7) is 0. The largest absolute Gasteiger partial charge is 0.329 e. The Hall–Kier alpha value is -1.14. The lowest BCUT2D eigenvalue weighted by Gasteiger charge is -1.95. The number of nitrogens with one attached hydrogen (secondary N) is 1. The van der Waals surface area contributed by atoms with Gasteiger partial charge in [-0.05, 0) is 35.7 Å². The van der Waals surface area contributed by atoms with Crippen LogP contribution < -0.4 is 4.72 Å². The fourth-order valence-corrected chi connectivity index (χ4v) is 1.89. The summed E-state index contributed by atoms with van der Waals surface area (Å²) in [6.07, 6.45) is 0. The molecule has 0 unspecified atom stereocenters. The van der Waals surface area contributed by atoms with Crippen molar-refractivity contribution in [2.24, 2.45) is 0 Å². The first-order valence-electron chi connectivity index (χ1n) is 3.31. The molecule has 0 bridgehead atoms. The van der Waals surface area contributed by atoms with Crippen molar-refractivity contribution >= 4 is 17.6 Å². The van der Waals surface area contributed by atoms with Crippen molar-refractivity contribution in [2.75, 3.05) is 4.72 Å². The second kappa shape index (κ2) is 2.48. The van der Waals surface area contributed by atoms with Crippen LogP contribution in [0.3, 0.4) is 0 Å². The number of fused-ring (bicyclic) bond motifs is 1. The molecule has 1 aromatic rings. The van der Waals surface area contributed by atoms with Gasteiger partial charge in [-0.3, -0.25) is 0 Å². The van der Waals surface area contributed by atoms with Crippen molar-refractivity contribution in [3.63, 3.8) is 0 Å². The first-order valence-corrected chi connectivity index (χ1v) is 4.29. The predicted octanol–water partition coefficient (Wildman–Crippen LogP) is 2.13. The molecule has 0 saturated heterocycles. The Morgan fingerprint density at radius 1 is 1.55 bits per heavy atom. The smallest absolute Gasteiger partial charge is 0.0991 e. The highest BCUT2D eigenvalue weighted by molar-refractivity contribution is 8.00. The zero-order valence-corrected chi connectivity index (χ0v) is 6.61. The van der Waals surface area contributed by atoms with Crippen LogP contribution in [0.5, 0.6) is 0 Å². The van der Waals surface area contributed by atoms with Crippen molar-refractivity contribution < 1.29 is 0 Å². The van der Waals surface area contributed by atoms with E-state index >= 15 is 0 Å². The monoisotopic (exact) mass is 162 g/mol. The van der Waals surface area contributed by atoms with E-state index in [0.29, 0.717) is 0 Å². The Kier molecular flexibility index (Phi) is 1.48. The molecule has 3 heteroatoms. The standard InChI is InChI=1S/C8H6N2S/c9-4-6-1-2-8-7(3-6)5-11-10-8/h1-3,10H,5H2. The first-order chi connectivity index (χ1) is 5.40. The molecule has 0 radical (unpaired) electrons. The number of nitrogens with zero attached hydrogens (tertiary/aromatic N) is 1. The summed E-state index contributed by atoms with van der Waals surface area (Å²) in [4.78, 5) is 0.